The van der Waals surface area contributed by atoms with Crippen molar-refractivity contribution in [2.45, 2.75) is 18.5 Å². The van der Waals surface area contributed by atoms with Gasteiger partial charge in [0.2, 0.25) is 0 Å². The summed E-state index contributed by atoms with van der Waals surface area (Å²) in [5.41, 5.74) is 2.48. The summed E-state index contributed by atoms with van der Waals surface area (Å²) < 4.78 is 5.26. The first-order valence-corrected chi connectivity index (χ1v) is 9.28. The second kappa shape index (κ2) is 6.51. The highest BCUT2D eigenvalue weighted by Gasteiger charge is 2.27. The van der Waals surface area contributed by atoms with Gasteiger partial charge in [-0.2, -0.15) is 10.2 Å². The fourth-order valence-corrected chi connectivity index (χ4v) is 4.08. The van der Waals surface area contributed by atoms with Crippen LogP contribution in [0.15, 0.2) is 89.1 Å². The normalized spacial score (nSPS) is 19.0. The Bertz CT molecular complexity index is 1090. The first kappa shape index (κ1) is 16.0. The van der Waals surface area contributed by atoms with Crippen LogP contribution >= 0.6 is 0 Å². The molecule has 0 spiro atoms. The second-order valence-electron chi connectivity index (χ2n) is 7.00. The van der Waals surface area contributed by atoms with Crippen molar-refractivity contribution in [2.24, 2.45) is 10.2 Å². The van der Waals surface area contributed by atoms with E-state index in [1.807, 2.05) is 12.1 Å². The number of fused-ring (bicyclic) bond motifs is 2. The van der Waals surface area contributed by atoms with E-state index < -0.39 is 0 Å². The maximum absolute atomic E-state index is 5.26. The van der Waals surface area contributed by atoms with Gasteiger partial charge in [-0.05, 0) is 50.9 Å². The highest BCUT2D eigenvalue weighted by molar-refractivity contribution is 6.02. The van der Waals surface area contributed by atoms with Crippen LogP contribution < -0.4 is 4.74 Å². The van der Waals surface area contributed by atoms with Gasteiger partial charge in [0, 0.05) is 6.42 Å². The van der Waals surface area contributed by atoms with Gasteiger partial charge in [-0.1, -0.05) is 60.7 Å². The maximum atomic E-state index is 5.26. The minimum absolute atomic E-state index is 0.0769. The van der Waals surface area contributed by atoms with Crippen LogP contribution in [0.1, 0.15) is 29.6 Å². The Hall–Kier alpha value is -3.20. The van der Waals surface area contributed by atoms with E-state index >= 15 is 0 Å². The Morgan fingerprint density at radius 2 is 1.33 bits per heavy atom. The molecule has 1 aliphatic rings. The first-order valence-electron chi connectivity index (χ1n) is 9.28. The Morgan fingerprint density at radius 1 is 0.741 bits per heavy atom. The van der Waals surface area contributed by atoms with E-state index in [0.29, 0.717) is 0 Å². The number of hydrogen-bond acceptors (Lipinski definition) is 3. The van der Waals surface area contributed by atoms with Crippen molar-refractivity contribution in [3.05, 3.63) is 90.0 Å². The standard InChI is InChI=1S/C24H20N2O/c1-27-19-12-10-16(11-13-19)22-15-23(26-25-22)24-20-8-4-2-6-17(20)14-18-7-3-5-9-21(18)24/h2-14,22-23H,15H2,1H3/t22-,23?/m0/s1. The summed E-state index contributed by atoms with van der Waals surface area (Å²) in [6.07, 6.45) is 0.893. The topological polar surface area (TPSA) is 34.0 Å². The highest BCUT2D eigenvalue weighted by Crippen LogP contribution is 2.43. The molecule has 4 aromatic carbocycles. The van der Waals surface area contributed by atoms with Crippen molar-refractivity contribution in [3.8, 4) is 5.75 Å². The lowest BCUT2D eigenvalue weighted by atomic mass is 9.89. The lowest BCUT2D eigenvalue weighted by Gasteiger charge is -2.15. The van der Waals surface area contributed by atoms with Crippen molar-refractivity contribution in [2.75, 3.05) is 7.11 Å². The lowest BCUT2D eigenvalue weighted by Crippen LogP contribution is -1.99. The second-order valence-corrected chi connectivity index (χ2v) is 7.00. The molecule has 0 aliphatic carbocycles. The minimum atomic E-state index is 0.0769. The molecule has 0 radical (unpaired) electrons. The van der Waals surface area contributed by atoms with E-state index in [2.05, 4.69) is 71.8 Å². The highest BCUT2D eigenvalue weighted by atomic mass is 16.5. The zero-order chi connectivity index (χ0) is 18.2. The summed E-state index contributed by atoms with van der Waals surface area (Å²) in [4.78, 5) is 0. The van der Waals surface area contributed by atoms with Crippen LogP contribution in [-0.4, -0.2) is 7.11 Å². The molecule has 0 N–H and O–H groups in total. The van der Waals surface area contributed by atoms with Crippen LogP contribution in [0.3, 0.4) is 0 Å². The van der Waals surface area contributed by atoms with Crippen LogP contribution in [0.4, 0.5) is 0 Å². The number of nitrogens with zero attached hydrogens (tertiary/aromatic N) is 2. The predicted molar refractivity (Wildman–Crippen MR) is 109 cm³/mol. The summed E-state index contributed by atoms with van der Waals surface area (Å²) in [5.74, 6) is 0.866. The van der Waals surface area contributed by atoms with Gasteiger partial charge in [0.15, 0.2) is 0 Å². The van der Waals surface area contributed by atoms with Gasteiger partial charge in [-0.25, -0.2) is 0 Å². The molecular weight excluding hydrogens is 332 g/mol. The fourth-order valence-electron chi connectivity index (χ4n) is 4.08. The molecule has 3 nitrogen and oxygen atoms in total. The van der Waals surface area contributed by atoms with Crippen LogP contribution in [0.25, 0.3) is 21.5 Å². The average Bonchev–Trinajstić information content (AvgIpc) is 3.21. The van der Waals surface area contributed by atoms with Crippen LogP contribution in [0.5, 0.6) is 5.75 Å². The molecule has 0 fully saturated rings. The number of methoxy groups -OCH3 is 1. The van der Waals surface area contributed by atoms with Crippen LogP contribution in [0, 0.1) is 0 Å². The van der Waals surface area contributed by atoms with E-state index in [4.69, 9.17) is 9.85 Å². The maximum Gasteiger partial charge on any atom is 0.118 e. The Balaban J connectivity index is 1.58. The monoisotopic (exact) mass is 352 g/mol. The molecule has 3 heteroatoms. The summed E-state index contributed by atoms with van der Waals surface area (Å²) in [5, 5.41) is 14.4. The van der Waals surface area contributed by atoms with E-state index in [1.165, 1.54) is 32.7 Å². The molecule has 0 bridgehead atoms. The zero-order valence-corrected chi connectivity index (χ0v) is 15.2. The minimum Gasteiger partial charge on any atom is -0.497 e. The molecule has 4 aromatic rings. The fraction of sp³-hybridized carbons (Fsp3) is 0.167. The van der Waals surface area contributed by atoms with Crippen molar-refractivity contribution in [1.82, 2.24) is 0 Å². The summed E-state index contributed by atoms with van der Waals surface area (Å²) in [6, 6.07) is 27.8. The van der Waals surface area contributed by atoms with E-state index in [1.54, 1.807) is 7.11 Å². The summed E-state index contributed by atoms with van der Waals surface area (Å²) in [6.45, 7) is 0. The quantitative estimate of drug-likeness (QED) is 0.380. The van der Waals surface area contributed by atoms with Gasteiger partial charge in [0.25, 0.3) is 0 Å². The lowest BCUT2D eigenvalue weighted by molar-refractivity contribution is 0.414. The molecule has 27 heavy (non-hydrogen) atoms. The van der Waals surface area contributed by atoms with E-state index in [-0.39, 0.29) is 12.1 Å². The average molecular weight is 352 g/mol. The van der Waals surface area contributed by atoms with Gasteiger partial charge >= 0.3 is 0 Å². The molecule has 2 atom stereocenters. The van der Waals surface area contributed by atoms with Crippen molar-refractivity contribution in [3.63, 3.8) is 0 Å². The molecular formula is C24H20N2O. The number of rotatable bonds is 3. The van der Waals surface area contributed by atoms with Gasteiger partial charge in [0.05, 0.1) is 19.2 Å². The largest absolute Gasteiger partial charge is 0.497 e. The predicted octanol–water partition coefficient (Wildman–Crippen LogP) is 6.64. The first-order chi connectivity index (χ1) is 13.3. The third-order valence-corrected chi connectivity index (χ3v) is 5.44. The third-order valence-electron chi connectivity index (χ3n) is 5.44. The van der Waals surface area contributed by atoms with E-state index in [0.717, 1.165) is 12.2 Å². The van der Waals surface area contributed by atoms with Crippen LogP contribution in [0.2, 0.25) is 0 Å². The van der Waals surface area contributed by atoms with E-state index in [9.17, 15) is 0 Å². The van der Waals surface area contributed by atoms with Crippen LogP contribution in [-0.2, 0) is 0 Å². The molecule has 0 aromatic heterocycles. The molecule has 132 valence electrons. The number of azo groups is 1. The van der Waals surface area contributed by atoms with Gasteiger partial charge in [-0.15, -0.1) is 0 Å². The third kappa shape index (κ3) is 2.76. The summed E-state index contributed by atoms with van der Waals surface area (Å²) >= 11 is 0. The molecule has 0 saturated carbocycles. The van der Waals surface area contributed by atoms with Gasteiger partial charge in [0.1, 0.15) is 5.75 Å². The number of hydrogen-bond donors (Lipinski definition) is 0. The van der Waals surface area contributed by atoms with Crippen molar-refractivity contribution < 1.29 is 4.74 Å². The SMILES string of the molecule is COc1ccc([C@@H]2CC(c3c4ccccc4cc4ccccc34)N=N2)cc1. The molecule has 0 amide bonds. The Morgan fingerprint density at radius 3 is 1.96 bits per heavy atom. The van der Waals surface area contributed by atoms with Crippen molar-refractivity contribution >= 4 is 21.5 Å². The molecule has 1 aliphatic heterocycles. The Labute approximate surface area is 158 Å². The summed E-state index contributed by atoms with van der Waals surface area (Å²) in [7, 11) is 1.69. The Kier molecular flexibility index (Phi) is 3.86. The number of benzene rings is 4. The smallest absolute Gasteiger partial charge is 0.118 e. The molecule has 0 saturated heterocycles. The number of ether oxygens (including phenoxy) is 1. The molecule has 1 heterocycles. The van der Waals surface area contributed by atoms with Gasteiger partial charge < -0.3 is 4.74 Å². The molecule has 1 unspecified atom stereocenters. The van der Waals surface area contributed by atoms with Crippen molar-refractivity contribution in [1.29, 1.82) is 0 Å². The molecule has 5 rings (SSSR count). The van der Waals surface area contributed by atoms with Gasteiger partial charge in [-0.3, -0.25) is 0 Å². The zero-order valence-electron chi connectivity index (χ0n) is 15.2.